The van der Waals surface area contributed by atoms with Gasteiger partial charge in [0.25, 0.3) is 0 Å². The third-order valence-corrected chi connectivity index (χ3v) is 5.94. The van der Waals surface area contributed by atoms with E-state index in [1.807, 2.05) is 46.6 Å². The lowest BCUT2D eigenvalue weighted by atomic mass is 10.2. The Morgan fingerprint density at radius 1 is 1.04 bits per heavy atom. The van der Waals surface area contributed by atoms with Gasteiger partial charge in [0.15, 0.2) is 10.8 Å². The Labute approximate surface area is 171 Å². The highest BCUT2D eigenvalue weighted by molar-refractivity contribution is 7.98. The van der Waals surface area contributed by atoms with E-state index < -0.39 is 0 Å². The SMILES string of the molecule is COc1cccc(OCc2nn3c(CSCCc4ccccc4)nnc3s2)c1. The van der Waals surface area contributed by atoms with Gasteiger partial charge in [0.2, 0.25) is 4.96 Å². The molecular formula is C20H20N4O2S2. The van der Waals surface area contributed by atoms with Crippen molar-refractivity contribution in [3.8, 4) is 11.5 Å². The van der Waals surface area contributed by atoms with Crippen LogP contribution in [0.25, 0.3) is 4.96 Å². The Morgan fingerprint density at radius 2 is 1.89 bits per heavy atom. The summed E-state index contributed by atoms with van der Waals surface area (Å²) in [5, 5.41) is 14.0. The van der Waals surface area contributed by atoms with Crippen molar-refractivity contribution in [1.82, 2.24) is 19.8 Å². The van der Waals surface area contributed by atoms with Crippen molar-refractivity contribution in [2.24, 2.45) is 0 Å². The van der Waals surface area contributed by atoms with E-state index in [0.717, 1.165) is 45.2 Å². The minimum Gasteiger partial charge on any atom is -0.497 e. The summed E-state index contributed by atoms with van der Waals surface area (Å²) < 4.78 is 12.9. The fourth-order valence-electron chi connectivity index (χ4n) is 2.68. The third kappa shape index (κ3) is 4.63. The van der Waals surface area contributed by atoms with Crippen LogP contribution >= 0.6 is 23.1 Å². The van der Waals surface area contributed by atoms with Crippen LogP contribution in [0.15, 0.2) is 54.6 Å². The molecule has 28 heavy (non-hydrogen) atoms. The highest BCUT2D eigenvalue weighted by Gasteiger charge is 2.12. The summed E-state index contributed by atoms with van der Waals surface area (Å²) in [7, 11) is 1.64. The Hall–Kier alpha value is -2.58. The van der Waals surface area contributed by atoms with Gasteiger partial charge in [0.1, 0.15) is 18.1 Å². The van der Waals surface area contributed by atoms with Crippen molar-refractivity contribution in [2.75, 3.05) is 12.9 Å². The molecule has 0 amide bonds. The Kier molecular flexibility index (Phi) is 6.08. The molecule has 0 aliphatic rings. The fraction of sp³-hybridized carbons (Fsp3) is 0.250. The second-order valence-electron chi connectivity index (χ2n) is 6.06. The minimum absolute atomic E-state index is 0.391. The van der Waals surface area contributed by atoms with Gasteiger partial charge in [0, 0.05) is 6.07 Å². The average molecular weight is 413 g/mol. The molecule has 4 aromatic rings. The number of hydrogen-bond donors (Lipinski definition) is 0. The number of aryl methyl sites for hydroxylation is 1. The number of benzene rings is 2. The van der Waals surface area contributed by atoms with E-state index >= 15 is 0 Å². The second-order valence-corrected chi connectivity index (χ2v) is 8.21. The van der Waals surface area contributed by atoms with E-state index in [-0.39, 0.29) is 0 Å². The monoisotopic (exact) mass is 412 g/mol. The normalized spacial score (nSPS) is 11.0. The van der Waals surface area contributed by atoms with Gasteiger partial charge in [-0.1, -0.05) is 47.7 Å². The molecule has 2 aromatic carbocycles. The zero-order valence-corrected chi connectivity index (χ0v) is 17.1. The van der Waals surface area contributed by atoms with Crippen molar-refractivity contribution < 1.29 is 9.47 Å². The van der Waals surface area contributed by atoms with Gasteiger partial charge in [-0.05, 0) is 29.9 Å². The summed E-state index contributed by atoms with van der Waals surface area (Å²) in [4.78, 5) is 0.794. The first-order valence-electron chi connectivity index (χ1n) is 8.90. The minimum atomic E-state index is 0.391. The molecule has 0 bridgehead atoms. The van der Waals surface area contributed by atoms with Crippen molar-refractivity contribution in [3.63, 3.8) is 0 Å². The van der Waals surface area contributed by atoms with Gasteiger partial charge < -0.3 is 9.47 Å². The predicted molar refractivity (Wildman–Crippen MR) is 112 cm³/mol. The maximum absolute atomic E-state index is 5.82. The van der Waals surface area contributed by atoms with Crippen LogP contribution in [-0.2, 0) is 18.8 Å². The number of ether oxygens (including phenoxy) is 2. The van der Waals surface area contributed by atoms with E-state index in [1.54, 1.807) is 7.11 Å². The van der Waals surface area contributed by atoms with Crippen molar-refractivity contribution in [2.45, 2.75) is 18.8 Å². The summed E-state index contributed by atoms with van der Waals surface area (Å²) in [5.74, 6) is 4.22. The first kappa shape index (κ1) is 18.8. The van der Waals surface area contributed by atoms with E-state index in [2.05, 4.69) is 39.6 Å². The van der Waals surface area contributed by atoms with Gasteiger partial charge in [0.05, 0.1) is 12.9 Å². The standard InChI is InChI=1S/C20H20N4O2S2/c1-25-16-8-5-9-17(12-16)26-13-19-23-24-18(21-22-20(24)28-19)14-27-11-10-15-6-3-2-4-7-15/h2-9,12H,10-11,13-14H2,1H3. The molecule has 0 radical (unpaired) electrons. The van der Waals surface area contributed by atoms with Crippen LogP contribution in [-0.4, -0.2) is 32.7 Å². The van der Waals surface area contributed by atoms with Gasteiger partial charge in [-0.3, -0.25) is 0 Å². The molecule has 0 fully saturated rings. The molecule has 0 unspecified atom stereocenters. The molecule has 0 aliphatic heterocycles. The van der Waals surface area contributed by atoms with E-state index in [0.29, 0.717) is 6.61 Å². The molecule has 0 N–H and O–H groups in total. The van der Waals surface area contributed by atoms with E-state index in [9.17, 15) is 0 Å². The number of thioether (sulfide) groups is 1. The summed E-state index contributed by atoms with van der Waals surface area (Å²) in [6.45, 7) is 0.391. The second kappa shape index (κ2) is 9.07. The summed E-state index contributed by atoms with van der Waals surface area (Å²) in [6, 6.07) is 18.1. The quantitative estimate of drug-likeness (QED) is 0.383. The summed E-state index contributed by atoms with van der Waals surface area (Å²) >= 11 is 3.34. The van der Waals surface area contributed by atoms with Crippen LogP contribution < -0.4 is 9.47 Å². The first-order chi connectivity index (χ1) is 13.8. The molecule has 144 valence electrons. The van der Waals surface area contributed by atoms with E-state index in [4.69, 9.17) is 9.47 Å². The topological polar surface area (TPSA) is 61.5 Å². The number of nitrogens with zero attached hydrogens (tertiary/aromatic N) is 4. The van der Waals surface area contributed by atoms with Crippen LogP contribution in [0.5, 0.6) is 11.5 Å². The number of rotatable bonds is 9. The Balaban J connectivity index is 1.32. The maximum Gasteiger partial charge on any atom is 0.234 e. The lowest BCUT2D eigenvalue weighted by Crippen LogP contribution is -1.99. The lowest BCUT2D eigenvalue weighted by Gasteiger charge is -2.05. The molecule has 8 heteroatoms. The molecule has 0 spiro atoms. The van der Waals surface area contributed by atoms with Crippen LogP contribution in [0.2, 0.25) is 0 Å². The smallest absolute Gasteiger partial charge is 0.234 e. The van der Waals surface area contributed by atoms with Crippen LogP contribution in [0.1, 0.15) is 16.4 Å². The molecule has 2 aromatic heterocycles. The average Bonchev–Trinajstić information content (AvgIpc) is 3.31. The van der Waals surface area contributed by atoms with Crippen LogP contribution in [0.3, 0.4) is 0 Å². The summed E-state index contributed by atoms with van der Waals surface area (Å²) in [5.41, 5.74) is 1.35. The highest BCUT2D eigenvalue weighted by atomic mass is 32.2. The molecule has 0 saturated heterocycles. The predicted octanol–water partition coefficient (Wildman–Crippen LogP) is 4.25. The van der Waals surface area contributed by atoms with Crippen LogP contribution in [0, 0.1) is 0 Å². The summed E-state index contributed by atoms with van der Waals surface area (Å²) in [6.07, 6.45) is 1.05. The zero-order chi connectivity index (χ0) is 19.2. The third-order valence-electron chi connectivity index (χ3n) is 4.11. The number of hydrogen-bond acceptors (Lipinski definition) is 7. The number of methoxy groups -OCH3 is 1. The molecular weight excluding hydrogens is 392 g/mol. The van der Waals surface area contributed by atoms with Gasteiger partial charge in [-0.25, -0.2) is 0 Å². The largest absolute Gasteiger partial charge is 0.497 e. The van der Waals surface area contributed by atoms with Crippen molar-refractivity contribution in [3.05, 3.63) is 71.0 Å². The molecule has 0 atom stereocenters. The first-order valence-corrected chi connectivity index (χ1v) is 10.9. The zero-order valence-electron chi connectivity index (χ0n) is 15.4. The number of fused-ring (bicyclic) bond motifs is 1. The fourth-order valence-corrected chi connectivity index (χ4v) is 4.33. The van der Waals surface area contributed by atoms with Crippen LogP contribution in [0.4, 0.5) is 0 Å². The molecule has 4 rings (SSSR count). The van der Waals surface area contributed by atoms with Crippen molar-refractivity contribution >= 4 is 28.1 Å². The van der Waals surface area contributed by atoms with Gasteiger partial charge >= 0.3 is 0 Å². The lowest BCUT2D eigenvalue weighted by molar-refractivity contribution is 0.301. The molecule has 6 nitrogen and oxygen atoms in total. The highest BCUT2D eigenvalue weighted by Crippen LogP contribution is 2.22. The molecule has 2 heterocycles. The number of aromatic nitrogens is 4. The maximum atomic E-state index is 5.82. The Bertz CT molecular complexity index is 1030. The Morgan fingerprint density at radius 3 is 2.75 bits per heavy atom. The van der Waals surface area contributed by atoms with Crippen molar-refractivity contribution in [1.29, 1.82) is 0 Å². The van der Waals surface area contributed by atoms with Gasteiger partial charge in [-0.2, -0.15) is 21.4 Å². The van der Waals surface area contributed by atoms with Gasteiger partial charge in [-0.15, -0.1) is 10.2 Å². The van der Waals surface area contributed by atoms with E-state index in [1.165, 1.54) is 16.9 Å². The molecule has 0 aliphatic carbocycles. The molecule has 0 saturated carbocycles.